The lowest BCUT2D eigenvalue weighted by Gasteiger charge is -2.21. The Bertz CT molecular complexity index is 1030. The van der Waals surface area contributed by atoms with E-state index in [4.69, 9.17) is 28.2 Å². The van der Waals surface area contributed by atoms with Gasteiger partial charge in [-0.05, 0) is 41.9 Å². The number of nitrogens with one attached hydrogen (secondary N) is 1. The molecule has 1 aromatic carbocycles. The number of halogens is 2. The third kappa shape index (κ3) is 4.06. The van der Waals surface area contributed by atoms with Crippen LogP contribution in [0, 0.1) is 10.1 Å². The van der Waals surface area contributed by atoms with E-state index in [1.165, 1.54) is 19.3 Å². The molecule has 9 heteroatoms. The van der Waals surface area contributed by atoms with Gasteiger partial charge < -0.3 is 5.32 Å². The molecular formula is C19H18Cl2N4O2S. The maximum atomic E-state index is 11.2. The predicted octanol–water partition coefficient (Wildman–Crippen LogP) is 6.57. The third-order valence-electron chi connectivity index (χ3n) is 4.99. The molecule has 1 N–H and O–H groups in total. The summed E-state index contributed by atoms with van der Waals surface area (Å²) in [5.74, 6) is 1.71. The summed E-state index contributed by atoms with van der Waals surface area (Å²) < 4.78 is 0. The summed E-state index contributed by atoms with van der Waals surface area (Å²) in [6.07, 6.45) is 5.70. The van der Waals surface area contributed by atoms with Crippen LogP contribution < -0.4 is 5.32 Å². The van der Waals surface area contributed by atoms with Crippen molar-refractivity contribution >= 4 is 55.6 Å². The Balaban J connectivity index is 1.69. The van der Waals surface area contributed by atoms with E-state index in [0.717, 1.165) is 35.6 Å². The highest BCUT2D eigenvalue weighted by atomic mass is 35.5. The summed E-state index contributed by atoms with van der Waals surface area (Å²) in [4.78, 5) is 20.9. The number of fused-ring (bicyclic) bond motifs is 1. The first kappa shape index (κ1) is 19.4. The molecule has 0 atom stereocenters. The molecule has 1 aliphatic carbocycles. The number of anilines is 1. The van der Waals surface area contributed by atoms with E-state index in [9.17, 15) is 10.1 Å². The van der Waals surface area contributed by atoms with E-state index in [1.807, 2.05) is 6.07 Å². The third-order valence-corrected chi connectivity index (χ3v) is 6.71. The Labute approximate surface area is 176 Å². The number of nitrogens with zero attached hydrogens (tertiary/aromatic N) is 3. The second-order valence-electron chi connectivity index (χ2n) is 6.93. The minimum absolute atomic E-state index is 0.0719. The van der Waals surface area contributed by atoms with E-state index in [2.05, 4.69) is 10.3 Å². The molecule has 0 spiro atoms. The van der Waals surface area contributed by atoms with E-state index >= 15 is 0 Å². The van der Waals surface area contributed by atoms with Crippen molar-refractivity contribution in [1.82, 2.24) is 9.97 Å². The lowest BCUT2D eigenvalue weighted by Crippen LogP contribution is -2.11. The van der Waals surface area contributed by atoms with Gasteiger partial charge in [0.25, 0.3) is 0 Å². The van der Waals surface area contributed by atoms with Crippen molar-refractivity contribution in [2.24, 2.45) is 0 Å². The van der Waals surface area contributed by atoms with Crippen LogP contribution in [0.4, 0.5) is 10.8 Å². The normalized spacial score (nSPS) is 15.1. The zero-order chi connectivity index (χ0) is 19.7. The van der Waals surface area contributed by atoms with Crippen LogP contribution in [-0.4, -0.2) is 14.9 Å². The first-order valence-corrected chi connectivity index (χ1v) is 10.7. The molecule has 146 valence electrons. The van der Waals surface area contributed by atoms with Gasteiger partial charge in [0, 0.05) is 18.5 Å². The Morgan fingerprint density at radius 1 is 1.14 bits per heavy atom. The first-order valence-electron chi connectivity index (χ1n) is 9.15. The maximum Gasteiger partial charge on any atom is 0.326 e. The lowest BCUT2D eigenvalue weighted by atomic mass is 9.89. The fourth-order valence-corrected chi connectivity index (χ4v) is 4.70. The molecule has 6 nitrogen and oxygen atoms in total. The topological polar surface area (TPSA) is 81.0 Å². The van der Waals surface area contributed by atoms with Crippen molar-refractivity contribution in [3.05, 3.63) is 55.8 Å². The van der Waals surface area contributed by atoms with Crippen LogP contribution in [0.1, 0.15) is 49.4 Å². The van der Waals surface area contributed by atoms with E-state index in [0.29, 0.717) is 38.5 Å². The monoisotopic (exact) mass is 436 g/mol. The van der Waals surface area contributed by atoms with Crippen LogP contribution in [-0.2, 0) is 6.54 Å². The van der Waals surface area contributed by atoms with Crippen molar-refractivity contribution in [3.63, 3.8) is 0 Å². The number of aromatic nitrogens is 2. The zero-order valence-corrected chi connectivity index (χ0v) is 17.3. The number of benzene rings is 1. The van der Waals surface area contributed by atoms with Gasteiger partial charge in [-0.15, -0.1) is 0 Å². The molecular weight excluding hydrogens is 419 g/mol. The average molecular weight is 437 g/mol. The van der Waals surface area contributed by atoms with Crippen LogP contribution in [0.3, 0.4) is 0 Å². The van der Waals surface area contributed by atoms with Crippen LogP contribution in [0.25, 0.3) is 10.2 Å². The summed E-state index contributed by atoms with van der Waals surface area (Å²) in [6, 6.07) is 6.98. The van der Waals surface area contributed by atoms with Crippen LogP contribution in [0.5, 0.6) is 0 Å². The molecule has 0 amide bonds. The van der Waals surface area contributed by atoms with Gasteiger partial charge in [0.2, 0.25) is 0 Å². The number of hydrogen-bond donors (Lipinski definition) is 1. The molecule has 2 aromatic heterocycles. The van der Waals surface area contributed by atoms with Crippen LogP contribution >= 0.6 is 34.5 Å². The van der Waals surface area contributed by atoms with Crippen LogP contribution in [0.2, 0.25) is 10.0 Å². The van der Waals surface area contributed by atoms with E-state index in [-0.39, 0.29) is 9.92 Å². The Hall–Kier alpha value is -1.96. The molecule has 0 bridgehead atoms. The average Bonchev–Trinajstić information content (AvgIpc) is 3.14. The van der Waals surface area contributed by atoms with Gasteiger partial charge in [0.15, 0.2) is 0 Å². The Morgan fingerprint density at radius 3 is 2.64 bits per heavy atom. The summed E-state index contributed by atoms with van der Waals surface area (Å²) in [6.45, 7) is 0.483. The van der Waals surface area contributed by atoms with E-state index < -0.39 is 0 Å². The highest BCUT2D eigenvalue weighted by Gasteiger charge is 2.23. The standard InChI is InChI=1S/C19H18Cl2N4O2S/c20-14-7-6-11(8-15(14)21)10-22-18-13-9-16(25(26)27)28-19(13)24-17(23-18)12-4-2-1-3-5-12/h6-9,12H,1-5,10H2,(H,22,23,24). The summed E-state index contributed by atoms with van der Waals surface area (Å²) in [5.41, 5.74) is 0.949. The number of hydrogen-bond acceptors (Lipinski definition) is 6. The highest BCUT2D eigenvalue weighted by molar-refractivity contribution is 7.21. The minimum atomic E-state index is -0.380. The van der Waals surface area contributed by atoms with Gasteiger partial charge in [-0.3, -0.25) is 10.1 Å². The Kier molecular flexibility index (Phi) is 5.66. The summed E-state index contributed by atoms with van der Waals surface area (Å²) >= 11 is 13.2. The van der Waals surface area contributed by atoms with Gasteiger partial charge in [-0.2, -0.15) is 0 Å². The molecule has 3 aromatic rings. The van der Waals surface area contributed by atoms with Crippen LogP contribution in [0.15, 0.2) is 24.3 Å². The highest BCUT2D eigenvalue weighted by Crippen LogP contribution is 2.37. The first-order chi connectivity index (χ1) is 13.5. The largest absolute Gasteiger partial charge is 0.365 e. The van der Waals surface area contributed by atoms with Crippen molar-refractivity contribution in [2.75, 3.05) is 5.32 Å². The van der Waals surface area contributed by atoms with Crippen molar-refractivity contribution in [3.8, 4) is 0 Å². The van der Waals surface area contributed by atoms with Gasteiger partial charge in [-0.1, -0.05) is 48.5 Å². The fraction of sp³-hybridized carbons (Fsp3) is 0.368. The molecule has 28 heavy (non-hydrogen) atoms. The smallest absolute Gasteiger partial charge is 0.326 e. The zero-order valence-electron chi connectivity index (χ0n) is 15.0. The lowest BCUT2D eigenvalue weighted by molar-refractivity contribution is -0.380. The SMILES string of the molecule is O=[N+]([O-])c1cc2c(NCc3ccc(Cl)c(Cl)c3)nc(C3CCCCC3)nc2s1. The molecule has 1 aliphatic rings. The van der Waals surface area contributed by atoms with Crippen molar-refractivity contribution in [2.45, 2.75) is 44.6 Å². The fourth-order valence-electron chi connectivity index (χ4n) is 3.53. The Morgan fingerprint density at radius 2 is 1.93 bits per heavy atom. The van der Waals surface area contributed by atoms with Crippen molar-refractivity contribution < 1.29 is 4.92 Å². The van der Waals surface area contributed by atoms with E-state index in [1.54, 1.807) is 18.2 Å². The van der Waals surface area contributed by atoms with Gasteiger partial charge in [0.05, 0.1) is 20.4 Å². The molecule has 4 rings (SSSR count). The molecule has 2 heterocycles. The molecule has 1 saturated carbocycles. The summed E-state index contributed by atoms with van der Waals surface area (Å²) in [5, 5.41) is 16.3. The molecule has 0 unspecified atom stereocenters. The number of thiophene rings is 1. The number of rotatable bonds is 5. The summed E-state index contributed by atoms with van der Waals surface area (Å²) in [7, 11) is 0. The predicted molar refractivity (Wildman–Crippen MR) is 114 cm³/mol. The van der Waals surface area contributed by atoms with Crippen molar-refractivity contribution in [1.29, 1.82) is 0 Å². The van der Waals surface area contributed by atoms with Gasteiger partial charge in [0.1, 0.15) is 16.5 Å². The molecule has 0 saturated heterocycles. The maximum absolute atomic E-state index is 11.2. The second kappa shape index (κ2) is 8.19. The molecule has 0 radical (unpaired) electrons. The van der Waals surface area contributed by atoms with Gasteiger partial charge >= 0.3 is 5.00 Å². The molecule has 1 fully saturated rings. The number of nitro groups is 1. The second-order valence-corrected chi connectivity index (χ2v) is 8.75. The minimum Gasteiger partial charge on any atom is -0.365 e. The molecule has 0 aliphatic heterocycles. The quantitative estimate of drug-likeness (QED) is 0.361. The van der Waals surface area contributed by atoms with Gasteiger partial charge in [-0.25, -0.2) is 9.97 Å².